The summed E-state index contributed by atoms with van der Waals surface area (Å²) in [6.45, 7) is 10.9. The van der Waals surface area contributed by atoms with E-state index in [-0.39, 0.29) is 10.9 Å². The molecule has 1 rings (SSSR count). The third kappa shape index (κ3) is 3.24. The molecule has 98 valence electrons. The molecule has 18 heavy (non-hydrogen) atoms. The minimum atomic E-state index is -2.44. The normalized spacial score (nSPS) is 11.2. The third-order valence-corrected chi connectivity index (χ3v) is 4.61. The highest BCUT2D eigenvalue weighted by Gasteiger charge is 2.20. The van der Waals surface area contributed by atoms with Gasteiger partial charge in [0.25, 0.3) is 0 Å². The number of rotatable bonds is 3. The molecule has 0 fully saturated rings. The van der Waals surface area contributed by atoms with Gasteiger partial charge in [0.15, 0.2) is 0 Å². The van der Waals surface area contributed by atoms with Gasteiger partial charge in [-0.25, -0.2) is 0 Å². The zero-order valence-electron chi connectivity index (χ0n) is 11.1. The highest BCUT2D eigenvalue weighted by molar-refractivity contribution is 7.70. The van der Waals surface area contributed by atoms with Gasteiger partial charge < -0.3 is 9.88 Å². The minimum Gasteiger partial charge on any atom is -0.339 e. The quantitative estimate of drug-likeness (QED) is 0.505. The minimum absolute atomic E-state index is 0.0228. The number of anilines is 1. The first-order valence-electron chi connectivity index (χ1n) is 5.50. The molecule has 2 N–H and O–H groups in total. The molecule has 0 aromatic heterocycles. The Morgan fingerprint density at radius 1 is 1.39 bits per heavy atom. The molecule has 0 unspecified atom stereocenters. The van der Waals surface area contributed by atoms with E-state index in [0.29, 0.717) is 5.69 Å². The lowest BCUT2D eigenvalue weighted by atomic mass is 10.1. The lowest BCUT2D eigenvalue weighted by Crippen LogP contribution is -2.20. The number of halogens is 1. The number of aryl methyl sites for hydroxylation is 1. The smallest absolute Gasteiger partial charge is 0.141 e. The zero-order chi connectivity index (χ0) is 14.1. The molecule has 3 nitrogen and oxygen atoms in total. The second kappa shape index (κ2) is 5.29. The van der Waals surface area contributed by atoms with Crippen LogP contribution in [0.25, 0.3) is 0 Å². The van der Waals surface area contributed by atoms with Crippen molar-refractivity contribution >= 4 is 35.6 Å². The third-order valence-electron chi connectivity index (χ3n) is 2.77. The SMILES string of the molecule is C=C(Cl)C(=N)Nc1ccc(C)c(C)c1P(C)(C)=O. The Labute approximate surface area is 113 Å². The van der Waals surface area contributed by atoms with Gasteiger partial charge in [0.1, 0.15) is 13.0 Å². The van der Waals surface area contributed by atoms with Crippen molar-refractivity contribution in [2.45, 2.75) is 13.8 Å². The van der Waals surface area contributed by atoms with E-state index in [1.807, 2.05) is 26.0 Å². The molecule has 0 heterocycles. The van der Waals surface area contributed by atoms with Crippen molar-refractivity contribution in [2.24, 2.45) is 0 Å². The van der Waals surface area contributed by atoms with Crippen LogP contribution in [0.15, 0.2) is 23.7 Å². The summed E-state index contributed by atoms with van der Waals surface area (Å²) in [6.07, 6.45) is 0. The van der Waals surface area contributed by atoms with E-state index in [9.17, 15) is 4.57 Å². The van der Waals surface area contributed by atoms with E-state index < -0.39 is 7.14 Å². The zero-order valence-corrected chi connectivity index (χ0v) is 12.7. The van der Waals surface area contributed by atoms with Crippen LogP contribution in [-0.2, 0) is 4.57 Å². The molecule has 0 aliphatic carbocycles. The van der Waals surface area contributed by atoms with E-state index in [4.69, 9.17) is 17.0 Å². The molecule has 0 radical (unpaired) electrons. The summed E-state index contributed by atoms with van der Waals surface area (Å²) in [7, 11) is -2.44. The van der Waals surface area contributed by atoms with Crippen LogP contribution in [0.2, 0.25) is 0 Å². The van der Waals surface area contributed by atoms with Gasteiger partial charge in [-0.1, -0.05) is 24.2 Å². The van der Waals surface area contributed by atoms with Crippen LogP contribution in [0, 0.1) is 19.3 Å². The molecule has 0 bridgehead atoms. The summed E-state index contributed by atoms with van der Waals surface area (Å²) >= 11 is 5.67. The van der Waals surface area contributed by atoms with E-state index in [1.54, 1.807) is 13.3 Å². The van der Waals surface area contributed by atoms with Gasteiger partial charge in [-0.3, -0.25) is 5.41 Å². The first-order valence-corrected chi connectivity index (χ1v) is 8.48. The van der Waals surface area contributed by atoms with Crippen LogP contribution in [0.5, 0.6) is 0 Å². The van der Waals surface area contributed by atoms with Crippen molar-refractivity contribution in [1.29, 1.82) is 5.41 Å². The summed E-state index contributed by atoms with van der Waals surface area (Å²) in [5.74, 6) is 0.0228. The van der Waals surface area contributed by atoms with Crippen LogP contribution in [0.4, 0.5) is 5.69 Å². The highest BCUT2D eigenvalue weighted by atomic mass is 35.5. The Bertz CT molecular complexity index is 560. The molecule has 0 aliphatic heterocycles. The molecular formula is C13H18ClN2OP. The summed E-state index contributed by atoms with van der Waals surface area (Å²) in [5.41, 5.74) is 2.73. The Morgan fingerprint density at radius 2 is 1.94 bits per heavy atom. The Hall–Kier alpha value is -1.05. The first-order chi connectivity index (χ1) is 8.14. The number of nitrogens with one attached hydrogen (secondary N) is 2. The number of hydrogen-bond donors (Lipinski definition) is 2. The topological polar surface area (TPSA) is 53.0 Å². The maximum absolute atomic E-state index is 12.4. The predicted molar refractivity (Wildman–Crippen MR) is 81.3 cm³/mol. The van der Waals surface area contributed by atoms with Crippen molar-refractivity contribution < 1.29 is 4.57 Å². The fraction of sp³-hybridized carbons (Fsp3) is 0.308. The Balaban J connectivity index is 3.37. The van der Waals surface area contributed by atoms with Gasteiger partial charge >= 0.3 is 0 Å². The van der Waals surface area contributed by atoms with Crippen LogP contribution in [0.1, 0.15) is 11.1 Å². The van der Waals surface area contributed by atoms with Crippen molar-refractivity contribution in [1.82, 2.24) is 0 Å². The predicted octanol–water partition coefficient (Wildman–Crippen LogP) is 3.69. The van der Waals surface area contributed by atoms with E-state index in [1.165, 1.54) is 0 Å². The lowest BCUT2D eigenvalue weighted by molar-refractivity contribution is 0.588. The average Bonchev–Trinajstić information content (AvgIpc) is 2.21. The maximum Gasteiger partial charge on any atom is 0.141 e. The summed E-state index contributed by atoms with van der Waals surface area (Å²) in [4.78, 5) is 0. The van der Waals surface area contributed by atoms with Crippen molar-refractivity contribution in [3.63, 3.8) is 0 Å². The van der Waals surface area contributed by atoms with E-state index >= 15 is 0 Å². The summed E-state index contributed by atoms with van der Waals surface area (Å²) in [6, 6.07) is 3.76. The fourth-order valence-corrected chi connectivity index (χ4v) is 3.54. The van der Waals surface area contributed by atoms with Gasteiger partial charge in [-0.15, -0.1) is 0 Å². The molecule has 0 amide bonds. The molecule has 0 spiro atoms. The van der Waals surface area contributed by atoms with Gasteiger partial charge in [0, 0.05) is 5.30 Å². The molecule has 5 heteroatoms. The van der Waals surface area contributed by atoms with Gasteiger partial charge in [-0.2, -0.15) is 0 Å². The lowest BCUT2D eigenvalue weighted by Gasteiger charge is -2.19. The molecule has 0 saturated heterocycles. The molecule has 0 atom stereocenters. The summed E-state index contributed by atoms with van der Waals surface area (Å²) in [5, 5.41) is 11.4. The van der Waals surface area contributed by atoms with Crippen LogP contribution >= 0.6 is 18.7 Å². The fourth-order valence-electron chi connectivity index (χ4n) is 1.80. The second-order valence-electron chi connectivity index (χ2n) is 4.66. The number of benzene rings is 1. The highest BCUT2D eigenvalue weighted by Crippen LogP contribution is 2.40. The molecule has 1 aromatic carbocycles. The number of hydrogen-bond acceptors (Lipinski definition) is 2. The van der Waals surface area contributed by atoms with Crippen LogP contribution < -0.4 is 10.6 Å². The number of amidine groups is 1. The van der Waals surface area contributed by atoms with Crippen molar-refractivity contribution in [2.75, 3.05) is 18.6 Å². The second-order valence-corrected chi connectivity index (χ2v) is 8.26. The molecule has 0 saturated carbocycles. The first kappa shape index (κ1) is 15.0. The Kier molecular flexibility index (Phi) is 4.41. The summed E-state index contributed by atoms with van der Waals surface area (Å²) < 4.78 is 12.4. The van der Waals surface area contributed by atoms with Gasteiger partial charge in [0.05, 0.1) is 10.7 Å². The average molecular weight is 285 g/mol. The molecule has 1 aromatic rings. The van der Waals surface area contributed by atoms with Crippen molar-refractivity contribution in [3.8, 4) is 0 Å². The van der Waals surface area contributed by atoms with Crippen LogP contribution in [0.3, 0.4) is 0 Å². The largest absolute Gasteiger partial charge is 0.339 e. The van der Waals surface area contributed by atoms with E-state index in [0.717, 1.165) is 16.4 Å². The van der Waals surface area contributed by atoms with E-state index in [2.05, 4.69) is 11.9 Å². The van der Waals surface area contributed by atoms with Crippen molar-refractivity contribution in [3.05, 3.63) is 34.9 Å². The standard InChI is InChI=1S/C13H18ClN2OP/c1-8-6-7-11(16-13(15)10(3)14)12(9(8)2)18(4,5)17/h6-7H,3H2,1-2,4-5H3,(H2,15,16). The Morgan fingerprint density at radius 3 is 2.39 bits per heavy atom. The molecule has 0 aliphatic rings. The van der Waals surface area contributed by atoms with Gasteiger partial charge in [0.2, 0.25) is 0 Å². The molecular weight excluding hydrogens is 267 g/mol. The van der Waals surface area contributed by atoms with Gasteiger partial charge in [-0.05, 0) is 44.4 Å². The van der Waals surface area contributed by atoms with Crippen LogP contribution in [-0.4, -0.2) is 19.2 Å². The maximum atomic E-state index is 12.4. The monoisotopic (exact) mass is 284 g/mol.